The maximum absolute atomic E-state index is 12.4. The number of aryl methyl sites for hydroxylation is 2. The summed E-state index contributed by atoms with van der Waals surface area (Å²) >= 11 is 0. The minimum absolute atomic E-state index is 0.0261. The molecular weight excluding hydrogens is 262 g/mol. The molecule has 1 aliphatic rings. The number of anilines is 1. The van der Waals surface area contributed by atoms with Crippen LogP contribution in [0.2, 0.25) is 0 Å². The lowest BCUT2D eigenvalue weighted by Crippen LogP contribution is -2.32. The fourth-order valence-corrected chi connectivity index (χ4v) is 2.60. The van der Waals surface area contributed by atoms with Crippen LogP contribution in [0.1, 0.15) is 16.7 Å². The van der Waals surface area contributed by atoms with Crippen LogP contribution >= 0.6 is 0 Å². The normalized spacial score (nSPS) is 16.8. The third kappa shape index (κ3) is 2.92. The lowest BCUT2D eigenvalue weighted by Gasteiger charge is -2.24. The molecule has 1 aliphatic heterocycles. The zero-order valence-electron chi connectivity index (χ0n) is 12.3. The number of hydrogen-bond acceptors (Lipinski definition) is 2. The number of hydrogen-bond donors (Lipinski definition) is 1. The molecule has 0 radical (unpaired) electrons. The molecule has 0 spiro atoms. The molecule has 1 unspecified atom stereocenters. The molecule has 3 heteroatoms. The molecule has 2 aromatic carbocycles. The van der Waals surface area contributed by atoms with E-state index in [2.05, 4.69) is 5.32 Å². The zero-order chi connectivity index (χ0) is 14.8. The Kier molecular flexibility index (Phi) is 3.65. The van der Waals surface area contributed by atoms with Crippen LogP contribution in [-0.2, 0) is 11.2 Å². The van der Waals surface area contributed by atoms with Gasteiger partial charge in [-0.05, 0) is 49.1 Å². The van der Waals surface area contributed by atoms with E-state index in [1.54, 1.807) is 0 Å². The summed E-state index contributed by atoms with van der Waals surface area (Å²) in [6, 6.07) is 14.0. The molecule has 0 fully saturated rings. The van der Waals surface area contributed by atoms with Crippen molar-refractivity contribution in [2.45, 2.75) is 20.3 Å². The topological polar surface area (TPSA) is 38.3 Å². The summed E-state index contributed by atoms with van der Waals surface area (Å²) in [7, 11) is 0. The average Bonchev–Trinajstić information content (AvgIpc) is 2.50. The number of ether oxygens (including phenoxy) is 1. The molecule has 1 atom stereocenters. The first-order valence-electron chi connectivity index (χ1n) is 7.22. The minimum Gasteiger partial charge on any atom is -0.492 e. The highest BCUT2D eigenvalue weighted by molar-refractivity contribution is 5.93. The molecule has 0 aliphatic carbocycles. The molecule has 3 nitrogen and oxygen atoms in total. The molecule has 0 aromatic heterocycles. The highest BCUT2D eigenvalue weighted by atomic mass is 16.5. The van der Waals surface area contributed by atoms with Crippen LogP contribution in [0.5, 0.6) is 5.75 Å². The van der Waals surface area contributed by atoms with Gasteiger partial charge in [-0.15, -0.1) is 0 Å². The van der Waals surface area contributed by atoms with E-state index in [4.69, 9.17) is 4.74 Å². The van der Waals surface area contributed by atoms with Crippen LogP contribution in [-0.4, -0.2) is 12.5 Å². The summed E-state index contributed by atoms with van der Waals surface area (Å²) in [6.07, 6.45) is 0.729. The lowest BCUT2D eigenvalue weighted by molar-refractivity contribution is -0.121. The maximum Gasteiger partial charge on any atom is 0.231 e. The molecule has 0 bridgehead atoms. The summed E-state index contributed by atoms with van der Waals surface area (Å²) < 4.78 is 5.69. The van der Waals surface area contributed by atoms with E-state index in [1.165, 1.54) is 0 Å². The van der Waals surface area contributed by atoms with E-state index in [1.807, 2.05) is 56.3 Å². The van der Waals surface area contributed by atoms with Crippen LogP contribution in [0.15, 0.2) is 42.5 Å². The largest absolute Gasteiger partial charge is 0.492 e. The molecular formula is C18H19NO2. The Balaban J connectivity index is 1.74. The second-order valence-corrected chi connectivity index (χ2v) is 5.63. The standard InChI is InChI=1S/C18H19NO2/c1-12-7-8-13(2)16(9-12)19-18(20)15-10-14-5-3-4-6-17(14)21-11-15/h3-9,15H,10-11H2,1-2H3,(H,19,20). The number of rotatable bonds is 2. The van der Waals surface area contributed by atoms with E-state index in [0.717, 1.165) is 34.5 Å². The fourth-order valence-electron chi connectivity index (χ4n) is 2.60. The van der Waals surface area contributed by atoms with Gasteiger partial charge in [-0.1, -0.05) is 30.3 Å². The van der Waals surface area contributed by atoms with Crippen LogP contribution in [0.25, 0.3) is 0 Å². The molecule has 1 heterocycles. The third-order valence-corrected chi connectivity index (χ3v) is 3.90. The molecule has 1 N–H and O–H groups in total. The Morgan fingerprint density at radius 2 is 2.00 bits per heavy atom. The Bertz CT molecular complexity index is 679. The highest BCUT2D eigenvalue weighted by Gasteiger charge is 2.26. The summed E-state index contributed by atoms with van der Waals surface area (Å²) in [5.41, 5.74) is 4.20. The van der Waals surface area contributed by atoms with Crippen molar-refractivity contribution in [3.63, 3.8) is 0 Å². The first-order valence-corrected chi connectivity index (χ1v) is 7.22. The lowest BCUT2D eigenvalue weighted by atomic mass is 9.96. The number of fused-ring (bicyclic) bond motifs is 1. The Labute approximate surface area is 124 Å². The van der Waals surface area contributed by atoms with Crippen molar-refractivity contribution in [3.05, 3.63) is 59.2 Å². The smallest absolute Gasteiger partial charge is 0.231 e. The van der Waals surface area contributed by atoms with E-state index in [0.29, 0.717) is 6.61 Å². The van der Waals surface area contributed by atoms with Crippen molar-refractivity contribution in [2.75, 3.05) is 11.9 Å². The van der Waals surface area contributed by atoms with Gasteiger partial charge in [-0.3, -0.25) is 4.79 Å². The molecule has 21 heavy (non-hydrogen) atoms. The summed E-state index contributed by atoms with van der Waals surface area (Å²) in [6.45, 7) is 4.46. The van der Waals surface area contributed by atoms with Crippen molar-refractivity contribution in [1.29, 1.82) is 0 Å². The number of nitrogens with one attached hydrogen (secondary N) is 1. The van der Waals surface area contributed by atoms with Crippen molar-refractivity contribution < 1.29 is 9.53 Å². The SMILES string of the molecule is Cc1ccc(C)c(NC(=O)C2COc3ccccc3C2)c1. The quantitative estimate of drug-likeness (QED) is 0.915. The molecule has 108 valence electrons. The molecule has 3 rings (SSSR count). The van der Waals surface area contributed by atoms with Gasteiger partial charge in [-0.2, -0.15) is 0 Å². The predicted molar refractivity (Wildman–Crippen MR) is 83.7 cm³/mol. The number of amides is 1. The first-order chi connectivity index (χ1) is 10.1. The van der Waals surface area contributed by atoms with Gasteiger partial charge in [0.1, 0.15) is 12.4 Å². The summed E-state index contributed by atoms with van der Waals surface area (Å²) in [5.74, 6) is 0.784. The second kappa shape index (κ2) is 5.60. The van der Waals surface area contributed by atoms with E-state index >= 15 is 0 Å². The van der Waals surface area contributed by atoms with Crippen molar-refractivity contribution in [3.8, 4) is 5.75 Å². The number of para-hydroxylation sites is 1. The van der Waals surface area contributed by atoms with Crippen molar-refractivity contribution in [2.24, 2.45) is 5.92 Å². The molecule has 1 amide bonds. The Morgan fingerprint density at radius 1 is 1.19 bits per heavy atom. The monoisotopic (exact) mass is 281 g/mol. The number of carbonyl (C=O) groups excluding carboxylic acids is 1. The molecule has 0 saturated heterocycles. The predicted octanol–water partition coefficient (Wildman–Crippen LogP) is 3.49. The van der Waals surface area contributed by atoms with Crippen LogP contribution in [0.3, 0.4) is 0 Å². The van der Waals surface area contributed by atoms with E-state index < -0.39 is 0 Å². The maximum atomic E-state index is 12.4. The van der Waals surface area contributed by atoms with Crippen LogP contribution in [0, 0.1) is 19.8 Å². The zero-order valence-corrected chi connectivity index (χ0v) is 12.3. The Hall–Kier alpha value is -2.29. The van der Waals surface area contributed by atoms with E-state index in [9.17, 15) is 4.79 Å². The van der Waals surface area contributed by atoms with Gasteiger partial charge in [0.15, 0.2) is 0 Å². The Morgan fingerprint density at radius 3 is 2.86 bits per heavy atom. The van der Waals surface area contributed by atoms with Crippen molar-refractivity contribution in [1.82, 2.24) is 0 Å². The molecule has 0 saturated carbocycles. The van der Waals surface area contributed by atoms with Gasteiger partial charge < -0.3 is 10.1 Å². The van der Waals surface area contributed by atoms with Crippen LogP contribution in [0.4, 0.5) is 5.69 Å². The number of carbonyl (C=O) groups is 1. The van der Waals surface area contributed by atoms with Gasteiger partial charge in [0.25, 0.3) is 0 Å². The van der Waals surface area contributed by atoms with Gasteiger partial charge in [0.2, 0.25) is 5.91 Å². The van der Waals surface area contributed by atoms with Gasteiger partial charge >= 0.3 is 0 Å². The van der Waals surface area contributed by atoms with E-state index in [-0.39, 0.29) is 11.8 Å². The van der Waals surface area contributed by atoms with Gasteiger partial charge in [-0.25, -0.2) is 0 Å². The fraction of sp³-hybridized carbons (Fsp3) is 0.278. The van der Waals surface area contributed by atoms with Gasteiger partial charge in [0.05, 0.1) is 5.92 Å². The average molecular weight is 281 g/mol. The summed E-state index contributed by atoms with van der Waals surface area (Å²) in [4.78, 5) is 12.4. The van der Waals surface area contributed by atoms with Crippen molar-refractivity contribution >= 4 is 11.6 Å². The first kappa shape index (κ1) is 13.7. The van der Waals surface area contributed by atoms with Gasteiger partial charge in [0, 0.05) is 5.69 Å². The third-order valence-electron chi connectivity index (χ3n) is 3.90. The highest BCUT2D eigenvalue weighted by Crippen LogP contribution is 2.27. The van der Waals surface area contributed by atoms with Crippen LogP contribution < -0.4 is 10.1 Å². The minimum atomic E-state index is -0.139. The summed E-state index contributed by atoms with van der Waals surface area (Å²) in [5, 5.41) is 3.03. The second-order valence-electron chi connectivity index (χ2n) is 5.63. The molecule has 2 aromatic rings. The number of benzene rings is 2.